The van der Waals surface area contributed by atoms with Gasteiger partial charge in [0.15, 0.2) is 17.3 Å². The van der Waals surface area contributed by atoms with Crippen LogP contribution in [0.4, 0.5) is 0 Å². The number of aromatic amines is 1. The monoisotopic (exact) mass is 418 g/mol. The van der Waals surface area contributed by atoms with Crippen molar-refractivity contribution in [2.24, 2.45) is 5.92 Å². The predicted octanol–water partition coefficient (Wildman–Crippen LogP) is 5.33. The first-order valence-corrected chi connectivity index (χ1v) is 10.3. The molecular weight excluding hydrogens is 396 g/mol. The lowest BCUT2D eigenvalue weighted by Gasteiger charge is -2.08. The third-order valence-corrected chi connectivity index (χ3v) is 6.16. The molecule has 2 heterocycles. The molecular formula is C21H23ClN2O3S. The number of ether oxygens (including phenoxy) is 1. The van der Waals surface area contributed by atoms with Crippen LogP contribution >= 0.6 is 22.9 Å². The number of benzene rings is 1. The standard InChI is InChI=1S/C21H23ClN2O3S/c1-5-11(2)8-14-12(3)28-21-18(14)20(26)23-19(24-21)15(22)9-13-6-7-17(27-4)16(25)10-13/h6-7,9-11,25H,5,8H2,1-4H3,(H,23,24,26)/b15-9-/t11-/m0/s1. The molecule has 0 spiro atoms. The average molecular weight is 419 g/mol. The van der Waals surface area contributed by atoms with Crippen LogP contribution in [0.3, 0.4) is 0 Å². The van der Waals surface area contributed by atoms with Gasteiger partial charge in [-0.25, -0.2) is 4.98 Å². The number of fused-ring (bicyclic) bond motifs is 1. The van der Waals surface area contributed by atoms with Gasteiger partial charge in [0, 0.05) is 4.88 Å². The van der Waals surface area contributed by atoms with Gasteiger partial charge < -0.3 is 14.8 Å². The summed E-state index contributed by atoms with van der Waals surface area (Å²) in [6.07, 6.45) is 3.57. The molecule has 3 rings (SSSR count). The average Bonchev–Trinajstić information content (AvgIpc) is 2.97. The molecule has 2 aromatic heterocycles. The summed E-state index contributed by atoms with van der Waals surface area (Å²) in [5, 5.41) is 10.9. The Balaban J connectivity index is 2.02. The highest BCUT2D eigenvalue weighted by atomic mass is 35.5. The summed E-state index contributed by atoms with van der Waals surface area (Å²) in [6.45, 7) is 6.36. The van der Waals surface area contributed by atoms with Crippen LogP contribution in [-0.2, 0) is 6.42 Å². The molecule has 3 aromatic rings. The van der Waals surface area contributed by atoms with E-state index >= 15 is 0 Å². The maximum atomic E-state index is 12.8. The Morgan fingerprint density at radius 1 is 1.46 bits per heavy atom. The summed E-state index contributed by atoms with van der Waals surface area (Å²) in [4.78, 5) is 22.0. The molecule has 1 aromatic carbocycles. The first kappa shape index (κ1) is 20.4. The van der Waals surface area contributed by atoms with E-state index in [1.54, 1.807) is 18.2 Å². The largest absolute Gasteiger partial charge is 0.504 e. The number of nitrogens with zero attached hydrogens (tertiary/aromatic N) is 1. The molecule has 7 heteroatoms. The van der Waals surface area contributed by atoms with Crippen LogP contribution in [0.1, 0.15) is 42.1 Å². The molecule has 148 valence electrons. The summed E-state index contributed by atoms with van der Waals surface area (Å²) in [6, 6.07) is 4.95. The Kier molecular flexibility index (Phi) is 6.10. The van der Waals surface area contributed by atoms with Gasteiger partial charge in [0.05, 0.1) is 17.5 Å². The zero-order chi connectivity index (χ0) is 20.4. The number of aromatic nitrogens is 2. The third-order valence-electron chi connectivity index (χ3n) is 4.83. The molecule has 0 unspecified atom stereocenters. The van der Waals surface area contributed by atoms with E-state index in [-0.39, 0.29) is 16.3 Å². The number of halogens is 1. The number of aromatic hydroxyl groups is 1. The number of aryl methyl sites for hydroxylation is 1. The second-order valence-corrected chi connectivity index (χ2v) is 8.48. The number of hydrogen-bond donors (Lipinski definition) is 2. The molecule has 28 heavy (non-hydrogen) atoms. The van der Waals surface area contributed by atoms with Crippen LogP contribution < -0.4 is 10.3 Å². The van der Waals surface area contributed by atoms with Gasteiger partial charge in [-0.15, -0.1) is 11.3 Å². The Hall–Kier alpha value is -2.31. The first-order valence-electron chi connectivity index (χ1n) is 9.10. The van der Waals surface area contributed by atoms with Gasteiger partial charge in [0.2, 0.25) is 0 Å². The summed E-state index contributed by atoms with van der Waals surface area (Å²) in [5.41, 5.74) is 1.58. The fourth-order valence-electron chi connectivity index (χ4n) is 3.04. The van der Waals surface area contributed by atoms with Gasteiger partial charge in [-0.2, -0.15) is 0 Å². The normalized spacial score (nSPS) is 13.1. The van der Waals surface area contributed by atoms with Crippen molar-refractivity contribution in [1.82, 2.24) is 9.97 Å². The number of hydrogen-bond acceptors (Lipinski definition) is 5. The van der Waals surface area contributed by atoms with Crippen molar-refractivity contribution in [2.75, 3.05) is 7.11 Å². The topological polar surface area (TPSA) is 75.2 Å². The lowest BCUT2D eigenvalue weighted by atomic mass is 9.98. The number of H-pyrrole nitrogens is 1. The van der Waals surface area contributed by atoms with Crippen LogP contribution in [0.2, 0.25) is 0 Å². The highest BCUT2D eigenvalue weighted by Crippen LogP contribution is 2.32. The second-order valence-electron chi connectivity index (χ2n) is 6.87. The van der Waals surface area contributed by atoms with E-state index < -0.39 is 0 Å². The van der Waals surface area contributed by atoms with Crippen LogP contribution in [0.15, 0.2) is 23.0 Å². The molecule has 0 fully saturated rings. The van der Waals surface area contributed by atoms with Crippen molar-refractivity contribution in [3.8, 4) is 11.5 Å². The molecule has 2 N–H and O–H groups in total. The Bertz CT molecular complexity index is 1100. The molecule has 5 nitrogen and oxygen atoms in total. The van der Waals surface area contributed by atoms with E-state index in [1.165, 1.54) is 24.5 Å². The van der Waals surface area contributed by atoms with Gasteiger partial charge in [0.25, 0.3) is 5.56 Å². The number of rotatable bonds is 6. The van der Waals surface area contributed by atoms with Gasteiger partial charge in [-0.05, 0) is 48.6 Å². The van der Waals surface area contributed by atoms with Crippen molar-refractivity contribution in [3.63, 3.8) is 0 Å². The van der Waals surface area contributed by atoms with Crippen molar-refractivity contribution in [2.45, 2.75) is 33.6 Å². The Labute approximate surface area is 172 Å². The number of nitrogens with one attached hydrogen (secondary N) is 1. The summed E-state index contributed by atoms with van der Waals surface area (Å²) < 4.78 is 5.04. The van der Waals surface area contributed by atoms with Crippen LogP contribution in [0, 0.1) is 12.8 Å². The lowest BCUT2D eigenvalue weighted by Crippen LogP contribution is -2.12. The number of phenols is 1. The minimum Gasteiger partial charge on any atom is -0.504 e. The van der Waals surface area contributed by atoms with E-state index in [1.807, 2.05) is 6.92 Å². The fraction of sp³-hybridized carbons (Fsp3) is 0.333. The highest BCUT2D eigenvalue weighted by Gasteiger charge is 2.17. The van der Waals surface area contributed by atoms with E-state index in [9.17, 15) is 9.90 Å². The minimum absolute atomic E-state index is 0.0150. The first-order chi connectivity index (χ1) is 13.3. The highest BCUT2D eigenvalue weighted by molar-refractivity contribution is 7.18. The molecule has 1 atom stereocenters. The maximum Gasteiger partial charge on any atom is 0.260 e. The van der Waals surface area contributed by atoms with Crippen molar-refractivity contribution in [1.29, 1.82) is 0 Å². The fourth-order valence-corrected chi connectivity index (χ4v) is 4.31. The zero-order valence-electron chi connectivity index (χ0n) is 16.3. The Morgan fingerprint density at radius 3 is 2.86 bits per heavy atom. The van der Waals surface area contributed by atoms with Gasteiger partial charge >= 0.3 is 0 Å². The molecule has 0 aliphatic carbocycles. The van der Waals surface area contributed by atoms with Gasteiger partial charge in [0.1, 0.15) is 4.83 Å². The maximum absolute atomic E-state index is 12.8. The SMILES string of the molecule is CC[C@H](C)Cc1c(C)sc2nc(/C(Cl)=C/c3ccc(OC)c(O)c3)[nH]c(=O)c12. The van der Waals surface area contributed by atoms with Crippen molar-refractivity contribution >= 4 is 44.3 Å². The molecule has 0 aliphatic heterocycles. The summed E-state index contributed by atoms with van der Waals surface area (Å²) in [5.74, 6) is 1.21. The van der Waals surface area contributed by atoms with Crippen molar-refractivity contribution in [3.05, 3.63) is 50.4 Å². The van der Waals surface area contributed by atoms with Crippen molar-refractivity contribution < 1.29 is 9.84 Å². The Morgan fingerprint density at radius 2 is 2.21 bits per heavy atom. The molecule has 0 saturated heterocycles. The van der Waals surface area contributed by atoms with Crippen LogP contribution in [-0.4, -0.2) is 22.2 Å². The quantitative estimate of drug-likeness (QED) is 0.567. The summed E-state index contributed by atoms with van der Waals surface area (Å²) >= 11 is 7.93. The molecule has 0 radical (unpaired) electrons. The third kappa shape index (κ3) is 4.08. The molecule has 0 saturated carbocycles. The van der Waals surface area contributed by atoms with Crippen LogP contribution in [0.25, 0.3) is 21.3 Å². The smallest absolute Gasteiger partial charge is 0.260 e. The minimum atomic E-state index is -0.174. The van der Waals surface area contributed by atoms with E-state index in [0.29, 0.717) is 33.3 Å². The predicted molar refractivity (Wildman–Crippen MR) is 117 cm³/mol. The molecule has 0 amide bonds. The van der Waals surface area contributed by atoms with E-state index in [2.05, 4.69) is 23.8 Å². The lowest BCUT2D eigenvalue weighted by molar-refractivity contribution is 0.373. The number of phenolic OH excluding ortho intramolecular Hbond substituents is 1. The molecule has 0 bridgehead atoms. The van der Waals surface area contributed by atoms with E-state index in [4.69, 9.17) is 16.3 Å². The summed E-state index contributed by atoms with van der Waals surface area (Å²) in [7, 11) is 1.49. The second kappa shape index (κ2) is 8.37. The van der Waals surface area contributed by atoms with Crippen LogP contribution in [0.5, 0.6) is 11.5 Å². The van der Waals surface area contributed by atoms with Gasteiger partial charge in [-0.1, -0.05) is 37.9 Å². The number of methoxy groups -OCH3 is 1. The van der Waals surface area contributed by atoms with E-state index in [0.717, 1.165) is 23.3 Å². The number of thiophene rings is 1. The van der Waals surface area contributed by atoms with Gasteiger partial charge in [-0.3, -0.25) is 4.79 Å². The molecule has 0 aliphatic rings. The zero-order valence-corrected chi connectivity index (χ0v) is 17.9.